The van der Waals surface area contributed by atoms with Crippen molar-refractivity contribution in [3.63, 3.8) is 0 Å². The SMILES string of the molecule is CCOC(=O)CCC1(C)OC(C)C(C)O1. The van der Waals surface area contributed by atoms with Crippen molar-refractivity contribution in [2.45, 2.75) is 58.5 Å². The van der Waals surface area contributed by atoms with Crippen LogP contribution in [0.15, 0.2) is 0 Å². The first kappa shape index (κ1) is 12.5. The van der Waals surface area contributed by atoms with Crippen LogP contribution in [0.3, 0.4) is 0 Å². The van der Waals surface area contributed by atoms with E-state index in [2.05, 4.69) is 0 Å². The number of ether oxygens (including phenoxy) is 3. The van der Waals surface area contributed by atoms with Crippen molar-refractivity contribution < 1.29 is 19.0 Å². The maximum absolute atomic E-state index is 11.2. The number of hydrogen-bond acceptors (Lipinski definition) is 4. The lowest BCUT2D eigenvalue weighted by molar-refractivity contribution is -0.171. The second kappa shape index (κ2) is 4.94. The Morgan fingerprint density at radius 2 is 1.87 bits per heavy atom. The molecule has 1 saturated heterocycles. The van der Waals surface area contributed by atoms with Gasteiger partial charge in [-0.05, 0) is 27.7 Å². The zero-order valence-corrected chi connectivity index (χ0v) is 9.91. The normalized spacial score (nSPS) is 35.5. The van der Waals surface area contributed by atoms with Crippen LogP contribution in [0.5, 0.6) is 0 Å². The molecule has 4 heteroatoms. The Balaban J connectivity index is 2.35. The highest BCUT2D eigenvalue weighted by Crippen LogP contribution is 2.31. The first-order chi connectivity index (χ1) is 6.97. The molecule has 1 aliphatic rings. The fourth-order valence-corrected chi connectivity index (χ4v) is 1.69. The average Bonchev–Trinajstić information content (AvgIpc) is 2.39. The molecule has 0 bridgehead atoms. The van der Waals surface area contributed by atoms with Gasteiger partial charge in [0.15, 0.2) is 5.79 Å². The lowest BCUT2D eigenvalue weighted by Gasteiger charge is -2.22. The lowest BCUT2D eigenvalue weighted by atomic mass is 10.2. The highest BCUT2D eigenvalue weighted by atomic mass is 16.7. The van der Waals surface area contributed by atoms with Crippen LogP contribution in [0.4, 0.5) is 0 Å². The minimum absolute atomic E-state index is 0.0807. The minimum Gasteiger partial charge on any atom is -0.466 e. The van der Waals surface area contributed by atoms with Crippen LogP contribution in [0.2, 0.25) is 0 Å². The molecular formula is C11H20O4. The summed E-state index contributed by atoms with van der Waals surface area (Å²) in [6.45, 7) is 8.03. The summed E-state index contributed by atoms with van der Waals surface area (Å²) in [5.41, 5.74) is 0. The van der Waals surface area contributed by atoms with Crippen molar-refractivity contribution in [3.05, 3.63) is 0 Å². The van der Waals surface area contributed by atoms with Gasteiger partial charge in [0.25, 0.3) is 0 Å². The molecule has 1 fully saturated rings. The zero-order valence-electron chi connectivity index (χ0n) is 9.91. The van der Waals surface area contributed by atoms with E-state index in [0.717, 1.165) is 0 Å². The van der Waals surface area contributed by atoms with Gasteiger partial charge in [-0.1, -0.05) is 0 Å². The highest BCUT2D eigenvalue weighted by molar-refractivity contribution is 5.69. The van der Waals surface area contributed by atoms with Crippen molar-refractivity contribution in [1.29, 1.82) is 0 Å². The van der Waals surface area contributed by atoms with Crippen LogP contribution >= 0.6 is 0 Å². The molecule has 88 valence electrons. The number of hydrogen-bond donors (Lipinski definition) is 0. The van der Waals surface area contributed by atoms with E-state index in [1.54, 1.807) is 6.92 Å². The lowest BCUT2D eigenvalue weighted by Crippen LogP contribution is -2.27. The van der Waals surface area contributed by atoms with Crippen LogP contribution < -0.4 is 0 Å². The van der Waals surface area contributed by atoms with Crippen LogP contribution in [0.1, 0.15) is 40.5 Å². The summed E-state index contributed by atoms with van der Waals surface area (Å²) in [6, 6.07) is 0. The van der Waals surface area contributed by atoms with Gasteiger partial charge in [0.2, 0.25) is 0 Å². The second-order valence-corrected chi connectivity index (χ2v) is 4.08. The molecule has 0 aromatic carbocycles. The summed E-state index contributed by atoms with van der Waals surface area (Å²) in [7, 11) is 0. The summed E-state index contributed by atoms with van der Waals surface area (Å²) >= 11 is 0. The minimum atomic E-state index is -0.633. The predicted octanol–water partition coefficient (Wildman–Crippen LogP) is 1.87. The largest absolute Gasteiger partial charge is 0.466 e. The Labute approximate surface area is 90.9 Å². The van der Waals surface area contributed by atoms with E-state index in [9.17, 15) is 4.79 Å². The van der Waals surface area contributed by atoms with Gasteiger partial charge in [0.1, 0.15) is 0 Å². The molecule has 2 unspecified atom stereocenters. The molecule has 0 aromatic rings. The van der Waals surface area contributed by atoms with Gasteiger partial charge in [0.05, 0.1) is 25.2 Å². The second-order valence-electron chi connectivity index (χ2n) is 4.08. The fourth-order valence-electron chi connectivity index (χ4n) is 1.69. The van der Waals surface area contributed by atoms with Gasteiger partial charge in [-0.15, -0.1) is 0 Å². The van der Waals surface area contributed by atoms with E-state index in [1.807, 2.05) is 20.8 Å². The molecule has 1 rings (SSSR count). The van der Waals surface area contributed by atoms with Crippen LogP contribution in [-0.4, -0.2) is 30.6 Å². The average molecular weight is 216 g/mol. The third-order valence-corrected chi connectivity index (χ3v) is 2.62. The van der Waals surface area contributed by atoms with E-state index < -0.39 is 5.79 Å². The topological polar surface area (TPSA) is 44.8 Å². The van der Waals surface area contributed by atoms with Crippen molar-refractivity contribution in [2.75, 3.05) is 6.61 Å². The van der Waals surface area contributed by atoms with Gasteiger partial charge in [-0.2, -0.15) is 0 Å². The molecule has 0 radical (unpaired) electrons. The van der Waals surface area contributed by atoms with Gasteiger partial charge in [-0.25, -0.2) is 0 Å². The van der Waals surface area contributed by atoms with Gasteiger partial charge < -0.3 is 14.2 Å². The first-order valence-electron chi connectivity index (χ1n) is 5.48. The molecule has 0 aliphatic carbocycles. The third kappa shape index (κ3) is 3.47. The van der Waals surface area contributed by atoms with Crippen LogP contribution in [-0.2, 0) is 19.0 Å². The number of carbonyl (C=O) groups excluding carboxylic acids is 1. The summed E-state index contributed by atoms with van der Waals surface area (Å²) in [5.74, 6) is -0.830. The van der Waals surface area contributed by atoms with Crippen molar-refractivity contribution >= 4 is 5.97 Å². The van der Waals surface area contributed by atoms with Gasteiger partial charge >= 0.3 is 5.97 Å². The predicted molar refractivity (Wildman–Crippen MR) is 55.4 cm³/mol. The molecular weight excluding hydrogens is 196 g/mol. The van der Waals surface area contributed by atoms with Crippen LogP contribution in [0.25, 0.3) is 0 Å². The molecule has 0 spiro atoms. The van der Waals surface area contributed by atoms with Crippen molar-refractivity contribution in [1.82, 2.24) is 0 Å². The molecule has 0 N–H and O–H groups in total. The number of rotatable bonds is 4. The quantitative estimate of drug-likeness (QED) is 0.673. The van der Waals surface area contributed by atoms with E-state index in [4.69, 9.17) is 14.2 Å². The van der Waals surface area contributed by atoms with E-state index in [1.165, 1.54) is 0 Å². The summed E-state index contributed by atoms with van der Waals surface area (Å²) < 4.78 is 16.2. The Hall–Kier alpha value is -0.610. The molecule has 4 nitrogen and oxygen atoms in total. The van der Waals surface area contributed by atoms with Crippen molar-refractivity contribution in [2.24, 2.45) is 0 Å². The summed E-state index contributed by atoms with van der Waals surface area (Å²) in [6.07, 6.45) is 1.04. The maximum atomic E-state index is 11.2. The molecule has 15 heavy (non-hydrogen) atoms. The molecule has 1 heterocycles. The van der Waals surface area contributed by atoms with E-state index in [-0.39, 0.29) is 18.2 Å². The van der Waals surface area contributed by atoms with E-state index in [0.29, 0.717) is 19.4 Å². The Morgan fingerprint density at radius 1 is 1.33 bits per heavy atom. The Kier molecular flexibility index (Phi) is 4.11. The molecule has 1 aliphatic heterocycles. The maximum Gasteiger partial charge on any atom is 0.305 e. The van der Waals surface area contributed by atoms with Crippen LogP contribution in [0, 0.1) is 0 Å². The monoisotopic (exact) mass is 216 g/mol. The van der Waals surface area contributed by atoms with Gasteiger partial charge in [0, 0.05) is 6.42 Å². The summed E-state index contributed by atoms with van der Waals surface area (Å²) in [4.78, 5) is 11.2. The van der Waals surface area contributed by atoms with Crippen molar-refractivity contribution in [3.8, 4) is 0 Å². The molecule has 0 aromatic heterocycles. The molecule has 0 saturated carbocycles. The zero-order chi connectivity index (χ0) is 11.5. The molecule has 2 atom stereocenters. The third-order valence-electron chi connectivity index (χ3n) is 2.62. The molecule has 0 amide bonds. The van der Waals surface area contributed by atoms with E-state index >= 15 is 0 Å². The summed E-state index contributed by atoms with van der Waals surface area (Å²) in [5, 5.41) is 0. The first-order valence-corrected chi connectivity index (χ1v) is 5.48. The standard InChI is InChI=1S/C11H20O4/c1-5-13-10(12)6-7-11(4)14-8(2)9(3)15-11/h8-9H,5-7H2,1-4H3. The Morgan fingerprint density at radius 3 is 2.33 bits per heavy atom. The number of esters is 1. The number of carbonyl (C=O) groups is 1. The fraction of sp³-hybridized carbons (Fsp3) is 0.909. The Bertz CT molecular complexity index is 217. The van der Waals surface area contributed by atoms with Gasteiger partial charge in [-0.3, -0.25) is 4.79 Å². The highest BCUT2D eigenvalue weighted by Gasteiger charge is 2.40. The smallest absolute Gasteiger partial charge is 0.305 e.